The number of nitrogens with zero attached hydrogens (tertiary/aromatic N) is 1. The van der Waals surface area contributed by atoms with E-state index in [4.69, 9.17) is 4.74 Å². The van der Waals surface area contributed by atoms with E-state index in [0.717, 1.165) is 22.0 Å². The lowest BCUT2D eigenvalue weighted by Gasteiger charge is -2.38. The van der Waals surface area contributed by atoms with Gasteiger partial charge >= 0.3 is 0 Å². The number of carbonyl (C=O) groups excluding carboxylic acids is 2. The minimum atomic E-state index is -0.565. The molecule has 1 aliphatic heterocycles. The molecule has 118 valence electrons. The number of anilines is 1. The van der Waals surface area contributed by atoms with Crippen molar-refractivity contribution in [3.05, 3.63) is 72.3 Å². The maximum absolute atomic E-state index is 12.2. The van der Waals surface area contributed by atoms with Crippen LogP contribution in [0.4, 0.5) is 5.69 Å². The molecule has 0 spiro atoms. The molecule has 1 atom stereocenters. The highest BCUT2D eigenvalue weighted by atomic mass is 16.5. The Morgan fingerprint density at radius 1 is 0.875 bits per heavy atom. The van der Waals surface area contributed by atoms with Gasteiger partial charge in [-0.15, -0.1) is 0 Å². The number of ether oxygens (including phenoxy) is 1. The molecular formula is C20H15NO3. The Kier molecular flexibility index (Phi) is 3.31. The van der Waals surface area contributed by atoms with Crippen LogP contribution in [0, 0.1) is 0 Å². The molecule has 4 heteroatoms. The molecule has 3 aromatic rings. The van der Waals surface area contributed by atoms with Gasteiger partial charge in [-0.05, 0) is 40.6 Å². The molecular weight excluding hydrogens is 302 g/mol. The van der Waals surface area contributed by atoms with Crippen molar-refractivity contribution in [2.45, 2.75) is 6.04 Å². The third kappa shape index (κ3) is 2.15. The van der Waals surface area contributed by atoms with Crippen molar-refractivity contribution >= 4 is 28.2 Å². The Morgan fingerprint density at radius 3 is 2.29 bits per heavy atom. The second-order valence-electron chi connectivity index (χ2n) is 5.75. The highest BCUT2D eigenvalue weighted by Crippen LogP contribution is 2.37. The first-order valence-electron chi connectivity index (χ1n) is 7.69. The smallest absolute Gasteiger partial charge is 0.297 e. The van der Waals surface area contributed by atoms with E-state index in [0.29, 0.717) is 5.75 Å². The molecule has 3 aromatic carbocycles. The van der Waals surface area contributed by atoms with Gasteiger partial charge in [-0.25, -0.2) is 0 Å². The molecule has 1 unspecified atom stereocenters. The van der Waals surface area contributed by atoms with E-state index >= 15 is 0 Å². The standard InChI is InChI=1S/C20H15NO3/c1-24-17-10-7-14(8-11-17)18-19(22)20(23)21(18)16-9-6-13-4-2-3-5-15(13)12-16/h2-12,18H,1H3. The summed E-state index contributed by atoms with van der Waals surface area (Å²) in [7, 11) is 1.59. The summed E-state index contributed by atoms with van der Waals surface area (Å²) in [5.41, 5.74) is 1.52. The molecule has 1 aliphatic rings. The van der Waals surface area contributed by atoms with Crippen molar-refractivity contribution in [2.75, 3.05) is 12.0 Å². The molecule has 4 nitrogen and oxygen atoms in total. The van der Waals surface area contributed by atoms with Crippen molar-refractivity contribution in [2.24, 2.45) is 0 Å². The summed E-state index contributed by atoms with van der Waals surface area (Å²) in [4.78, 5) is 25.9. The zero-order valence-electron chi connectivity index (χ0n) is 13.1. The van der Waals surface area contributed by atoms with Crippen LogP contribution in [0.15, 0.2) is 66.7 Å². The molecule has 0 bridgehead atoms. The number of fused-ring (bicyclic) bond motifs is 1. The van der Waals surface area contributed by atoms with E-state index in [2.05, 4.69) is 0 Å². The third-order valence-corrected chi connectivity index (χ3v) is 4.38. The third-order valence-electron chi connectivity index (χ3n) is 4.38. The fourth-order valence-corrected chi connectivity index (χ4v) is 3.08. The van der Waals surface area contributed by atoms with Crippen LogP contribution in [0.5, 0.6) is 5.75 Å². The highest BCUT2D eigenvalue weighted by Gasteiger charge is 2.47. The number of hydrogen-bond donors (Lipinski definition) is 0. The number of Topliss-reactive ketones (excluding diaryl/α,β-unsaturated/α-hetero) is 1. The van der Waals surface area contributed by atoms with Gasteiger partial charge in [0.25, 0.3) is 5.91 Å². The van der Waals surface area contributed by atoms with Gasteiger partial charge in [-0.1, -0.05) is 42.5 Å². The monoisotopic (exact) mass is 317 g/mol. The molecule has 0 aliphatic carbocycles. The molecule has 1 heterocycles. The lowest BCUT2D eigenvalue weighted by atomic mass is 9.91. The Balaban J connectivity index is 1.73. The molecule has 0 aromatic heterocycles. The van der Waals surface area contributed by atoms with E-state index in [-0.39, 0.29) is 5.78 Å². The van der Waals surface area contributed by atoms with Gasteiger partial charge in [0, 0.05) is 5.69 Å². The summed E-state index contributed by atoms with van der Waals surface area (Å²) in [6.07, 6.45) is 0. The van der Waals surface area contributed by atoms with E-state index in [9.17, 15) is 9.59 Å². The number of carbonyl (C=O) groups is 2. The topological polar surface area (TPSA) is 46.6 Å². The Bertz CT molecular complexity index is 947. The quantitative estimate of drug-likeness (QED) is 0.548. The minimum Gasteiger partial charge on any atom is -0.497 e. The van der Waals surface area contributed by atoms with Crippen molar-refractivity contribution in [1.82, 2.24) is 0 Å². The SMILES string of the molecule is COc1ccc(C2C(=O)C(=O)N2c2ccc3ccccc3c2)cc1. The second kappa shape index (κ2) is 5.49. The number of rotatable bonds is 3. The van der Waals surface area contributed by atoms with Gasteiger partial charge in [0.2, 0.25) is 5.78 Å². The number of hydrogen-bond acceptors (Lipinski definition) is 3. The summed E-state index contributed by atoms with van der Waals surface area (Å²) in [6, 6.07) is 20.4. The van der Waals surface area contributed by atoms with Crippen molar-refractivity contribution in [3.8, 4) is 5.75 Å². The van der Waals surface area contributed by atoms with Gasteiger partial charge in [0.05, 0.1) is 7.11 Å². The molecule has 0 radical (unpaired) electrons. The van der Waals surface area contributed by atoms with E-state index in [1.165, 1.54) is 0 Å². The Labute approximate surface area is 139 Å². The number of ketones is 1. The lowest BCUT2D eigenvalue weighted by Crippen LogP contribution is -2.56. The Hall–Kier alpha value is -3.14. The van der Waals surface area contributed by atoms with E-state index < -0.39 is 11.9 Å². The zero-order chi connectivity index (χ0) is 16.7. The first-order chi connectivity index (χ1) is 11.7. The summed E-state index contributed by atoms with van der Waals surface area (Å²) in [6.45, 7) is 0. The van der Waals surface area contributed by atoms with Crippen LogP contribution in [-0.4, -0.2) is 18.8 Å². The van der Waals surface area contributed by atoms with Gasteiger partial charge in [0.1, 0.15) is 11.8 Å². The number of benzene rings is 3. The lowest BCUT2D eigenvalue weighted by molar-refractivity contribution is -0.143. The molecule has 0 saturated carbocycles. The maximum atomic E-state index is 12.2. The molecule has 0 N–H and O–H groups in total. The average Bonchev–Trinajstić information content (AvgIpc) is 2.65. The average molecular weight is 317 g/mol. The van der Waals surface area contributed by atoms with Gasteiger partial charge in [0.15, 0.2) is 0 Å². The van der Waals surface area contributed by atoms with Crippen molar-refractivity contribution < 1.29 is 14.3 Å². The predicted molar refractivity (Wildman–Crippen MR) is 92.2 cm³/mol. The minimum absolute atomic E-state index is 0.381. The highest BCUT2D eigenvalue weighted by molar-refractivity contribution is 6.51. The summed E-state index contributed by atoms with van der Waals surface area (Å²) < 4.78 is 5.14. The molecule has 1 fully saturated rings. The van der Waals surface area contributed by atoms with Crippen LogP contribution in [-0.2, 0) is 9.59 Å². The molecule has 1 amide bonds. The zero-order valence-corrected chi connectivity index (χ0v) is 13.1. The fourth-order valence-electron chi connectivity index (χ4n) is 3.08. The van der Waals surface area contributed by atoms with Gasteiger partial charge in [-0.3, -0.25) is 14.5 Å². The Morgan fingerprint density at radius 2 is 1.58 bits per heavy atom. The summed E-state index contributed by atoms with van der Waals surface area (Å²) in [5, 5.41) is 2.14. The predicted octanol–water partition coefficient (Wildman–Crippen LogP) is 3.51. The summed E-state index contributed by atoms with van der Waals surface area (Å²) >= 11 is 0. The van der Waals surface area contributed by atoms with Crippen LogP contribution in [0.2, 0.25) is 0 Å². The number of β-lactam (4-membered cyclic amide) rings is 1. The molecule has 4 rings (SSSR count). The van der Waals surface area contributed by atoms with E-state index in [1.807, 2.05) is 54.6 Å². The largest absolute Gasteiger partial charge is 0.497 e. The van der Waals surface area contributed by atoms with Crippen LogP contribution in [0.1, 0.15) is 11.6 Å². The number of amides is 1. The van der Waals surface area contributed by atoms with E-state index in [1.54, 1.807) is 24.1 Å². The fraction of sp³-hybridized carbons (Fsp3) is 0.100. The van der Waals surface area contributed by atoms with Crippen LogP contribution in [0.25, 0.3) is 10.8 Å². The molecule has 1 saturated heterocycles. The van der Waals surface area contributed by atoms with Crippen LogP contribution >= 0.6 is 0 Å². The van der Waals surface area contributed by atoms with Gasteiger partial charge < -0.3 is 4.74 Å². The van der Waals surface area contributed by atoms with Crippen molar-refractivity contribution in [1.29, 1.82) is 0 Å². The normalized spacial score (nSPS) is 17.0. The maximum Gasteiger partial charge on any atom is 0.297 e. The van der Waals surface area contributed by atoms with Gasteiger partial charge in [-0.2, -0.15) is 0 Å². The van der Waals surface area contributed by atoms with Crippen LogP contribution in [0.3, 0.4) is 0 Å². The second-order valence-corrected chi connectivity index (χ2v) is 5.75. The first kappa shape index (κ1) is 14.5. The first-order valence-corrected chi connectivity index (χ1v) is 7.69. The van der Waals surface area contributed by atoms with Crippen LogP contribution < -0.4 is 9.64 Å². The summed E-state index contributed by atoms with van der Waals surface area (Å²) in [5.74, 6) is -0.131. The van der Waals surface area contributed by atoms with Crippen molar-refractivity contribution in [3.63, 3.8) is 0 Å². The number of methoxy groups -OCH3 is 1. The molecule has 24 heavy (non-hydrogen) atoms.